The Bertz CT molecular complexity index is 882. The number of anilines is 2. The fraction of sp³-hybridized carbons (Fsp3) is 0.455. The molecule has 2 fully saturated rings. The van der Waals surface area contributed by atoms with Crippen LogP contribution in [0.15, 0.2) is 47.1 Å². The quantitative estimate of drug-likeness (QED) is 0.663. The number of nitrogens with zero attached hydrogens (tertiary/aromatic N) is 2. The van der Waals surface area contributed by atoms with Crippen LogP contribution in [0.4, 0.5) is 16.3 Å². The SMILES string of the molecule is CC1(C)OC(=O)N([C@H]2CC[C@H](Nc3ncc(Br)cc3N)CC2)[C@H]1c1ccccc1. The van der Waals surface area contributed by atoms with E-state index >= 15 is 0 Å². The highest BCUT2D eigenvalue weighted by atomic mass is 79.9. The van der Waals surface area contributed by atoms with E-state index in [0.29, 0.717) is 11.7 Å². The molecule has 1 aliphatic carbocycles. The van der Waals surface area contributed by atoms with Crippen molar-refractivity contribution in [1.82, 2.24) is 9.88 Å². The Kier molecular flexibility index (Phi) is 5.42. The lowest BCUT2D eigenvalue weighted by atomic mass is 9.86. The predicted octanol–water partition coefficient (Wildman–Crippen LogP) is 5.12. The number of rotatable bonds is 4. The van der Waals surface area contributed by atoms with E-state index in [2.05, 4.69) is 38.4 Å². The van der Waals surface area contributed by atoms with Gasteiger partial charge in [-0.2, -0.15) is 0 Å². The van der Waals surface area contributed by atoms with E-state index in [4.69, 9.17) is 10.5 Å². The lowest BCUT2D eigenvalue weighted by molar-refractivity contribution is 0.0664. The molecule has 1 aliphatic heterocycles. The second-order valence-corrected chi connectivity index (χ2v) is 9.35. The van der Waals surface area contributed by atoms with Crippen LogP contribution in [-0.2, 0) is 4.74 Å². The molecule has 7 heteroatoms. The summed E-state index contributed by atoms with van der Waals surface area (Å²) in [4.78, 5) is 19.1. The number of hydrogen-bond acceptors (Lipinski definition) is 5. The summed E-state index contributed by atoms with van der Waals surface area (Å²) in [5.74, 6) is 0.723. The molecule has 0 radical (unpaired) electrons. The Morgan fingerprint density at radius 2 is 1.90 bits per heavy atom. The van der Waals surface area contributed by atoms with Gasteiger partial charge in [0, 0.05) is 22.8 Å². The number of hydrogen-bond donors (Lipinski definition) is 2. The normalized spacial score (nSPS) is 26.2. The van der Waals surface area contributed by atoms with E-state index in [1.54, 1.807) is 6.20 Å². The molecule has 6 nitrogen and oxygen atoms in total. The minimum absolute atomic E-state index is 0.0745. The summed E-state index contributed by atoms with van der Waals surface area (Å²) < 4.78 is 6.64. The van der Waals surface area contributed by atoms with Gasteiger partial charge in [0.2, 0.25) is 0 Å². The first-order valence-electron chi connectivity index (χ1n) is 10.1. The molecule has 2 heterocycles. The summed E-state index contributed by atoms with van der Waals surface area (Å²) in [5, 5.41) is 3.47. The van der Waals surface area contributed by atoms with E-state index in [-0.39, 0.29) is 18.2 Å². The van der Waals surface area contributed by atoms with Gasteiger partial charge in [0.25, 0.3) is 0 Å². The average Bonchev–Trinajstić information content (AvgIpc) is 2.93. The molecule has 1 aromatic heterocycles. The van der Waals surface area contributed by atoms with Crippen LogP contribution in [0.3, 0.4) is 0 Å². The molecule has 2 aromatic rings. The van der Waals surface area contributed by atoms with Crippen molar-refractivity contribution in [2.24, 2.45) is 0 Å². The number of halogens is 1. The van der Waals surface area contributed by atoms with Gasteiger partial charge in [-0.3, -0.25) is 4.90 Å². The zero-order chi connectivity index (χ0) is 20.6. The number of carbonyl (C=O) groups excluding carboxylic acids is 1. The van der Waals surface area contributed by atoms with Crippen molar-refractivity contribution in [3.05, 3.63) is 52.6 Å². The largest absolute Gasteiger partial charge is 0.441 e. The fourth-order valence-electron chi connectivity index (χ4n) is 4.60. The highest BCUT2D eigenvalue weighted by Crippen LogP contribution is 2.44. The number of nitrogens with one attached hydrogen (secondary N) is 1. The lowest BCUT2D eigenvalue weighted by Crippen LogP contribution is -2.44. The number of cyclic esters (lactones) is 1. The van der Waals surface area contributed by atoms with Crippen molar-refractivity contribution in [2.75, 3.05) is 11.1 Å². The van der Waals surface area contributed by atoms with Crippen molar-refractivity contribution in [2.45, 2.75) is 63.3 Å². The maximum Gasteiger partial charge on any atom is 0.411 e. The molecule has 154 valence electrons. The van der Waals surface area contributed by atoms with Crippen molar-refractivity contribution in [3.8, 4) is 0 Å². The van der Waals surface area contributed by atoms with Gasteiger partial charge in [-0.1, -0.05) is 30.3 Å². The molecule has 4 rings (SSSR count). The maximum absolute atomic E-state index is 12.8. The average molecular weight is 459 g/mol. The number of pyridine rings is 1. The minimum atomic E-state index is -0.552. The lowest BCUT2D eigenvalue weighted by Gasteiger charge is -2.38. The Hall–Kier alpha value is -2.28. The van der Waals surface area contributed by atoms with Gasteiger partial charge in [0.1, 0.15) is 11.4 Å². The zero-order valence-electron chi connectivity index (χ0n) is 16.8. The number of nitrogen functional groups attached to an aromatic ring is 1. The Morgan fingerprint density at radius 3 is 2.55 bits per heavy atom. The van der Waals surface area contributed by atoms with Crippen molar-refractivity contribution in [1.29, 1.82) is 0 Å². The Labute approximate surface area is 180 Å². The summed E-state index contributed by atoms with van der Waals surface area (Å²) in [5.41, 5.74) is 7.27. The number of benzene rings is 1. The number of amides is 1. The molecule has 1 aromatic carbocycles. The van der Waals surface area contributed by atoms with Crippen molar-refractivity contribution in [3.63, 3.8) is 0 Å². The number of ether oxygens (including phenoxy) is 1. The first kappa shape index (κ1) is 20.0. The van der Waals surface area contributed by atoms with Crippen LogP contribution in [0.25, 0.3) is 0 Å². The molecule has 1 saturated heterocycles. The van der Waals surface area contributed by atoms with Crippen LogP contribution in [0.2, 0.25) is 0 Å². The Balaban J connectivity index is 1.46. The van der Waals surface area contributed by atoms with Crippen LogP contribution < -0.4 is 11.1 Å². The van der Waals surface area contributed by atoms with Crippen LogP contribution in [0.5, 0.6) is 0 Å². The van der Waals surface area contributed by atoms with Crippen LogP contribution in [0, 0.1) is 0 Å². The van der Waals surface area contributed by atoms with E-state index in [1.165, 1.54) is 0 Å². The summed E-state index contributed by atoms with van der Waals surface area (Å²) in [6.07, 6.45) is 5.28. The van der Waals surface area contributed by atoms with Gasteiger partial charge in [-0.05, 0) is 67.1 Å². The third kappa shape index (κ3) is 4.06. The number of aromatic nitrogens is 1. The summed E-state index contributed by atoms with van der Waals surface area (Å²) in [7, 11) is 0. The molecular formula is C22H27BrN4O2. The second-order valence-electron chi connectivity index (χ2n) is 8.43. The van der Waals surface area contributed by atoms with Gasteiger partial charge < -0.3 is 15.8 Å². The van der Waals surface area contributed by atoms with Crippen molar-refractivity contribution >= 4 is 33.5 Å². The predicted molar refractivity (Wildman–Crippen MR) is 118 cm³/mol. The first-order chi connectivity index (χ1) is 13.8. The maximum atomic E-state index is 12.8. The van der Waals surface area contributed by atoms with Gasteiger partial charge in [-0.25, -0.2) is 9.78 Å². The molecule has 2 aliphatic rings. The van der Waals surface area contributed by atoms with Gasteiger partial charge in [0.05, 0.1) is 11.7 Å². The third-order valence-corrected chi connectivity index (χ3v) is 6.36. The second kappa shape index (κ2) is 7.86. The summed E-state index contributed by atoms with van der Waals surface area (Å²) in [6.45, 7) is 4.00. The summed E-state index contributed by atoms with van der Waals surface area (Å²) >= 11 is 3.39. The molecule has 0 spiro atoms. The van der Waals surface area contributed by atoms with Gasteiger partial charge >= 0.3 is 6.09 Å². The van der Waals surface area contributed by atoms with E-state index in [0.717, 1.165) is 41.5 Å². The monoisotopic (exact) mass is 458 g/mol. The standard InChI is InChI=1S/C22H27BrN4O2/c1-22(2)19(14-6-4-3-5-7-14)27(21(28)29-22)17-10-8-16(9-11-17)26-20-18(24)12-15(23)13-25-20/h3-7,12-13,16-17,19H,8-11,24H2,1-2H3,(H,25,26)/t16-,17-,19-/m0/s1. The van der Waals surface area contributed by atoms with E-state index < -0.39 is 5.60 Å². The number of carbonyl (C=O) groups is 1. The first-order valence-corrected chi connectivity index (χ1v) is 10.9. The molecule has 1 atom stereocenters. The Morgan fingerprint density at radius 1 is 1.21 bits per heavy atom. The molecule has 29 heavy (non-hydrogen) atoms. The molecule has 0 bridgehead atoms. The third-order valence-electron chi connectivity index (χ3n) is 5.93. The molecule has 3 N–H and O–H groups in total. The van der Waals surface area contributed by atoms with E-state index in [9.17, 15) is 4.79 Å². The minimum Gasteiger partial charge on any atom is -0.441 e. The van der Waals surface area contributed by atoms with Crippen LogP contribution in [-0.4, -0.2) is 33.7 Å². The zero-order valence-corrected chi connectivity index (χ0v) is 18.4. The van der Waals surface area contributed by atoms with Crippen LogP contribution >= 0.6 is 15.9 Å². The highest BCUT2D eigenvalue weighted by Gasteiger charge is 2.51. The fourth-order valence-corrected chi connectivity index (χ4v) is 4.95. The molecule has 1 amide bonds. The summed E-state index contributed by atoms with van der Waals surface area (Å²) in [6, 6.07) is 12.4. The van der Waals surface area contributed by atoms with E-state index in [1.807, 2.05) is 43.0 Å². The molecule has 1 saturated carbocycles. The topological polar surface area (TPSA) is 80.5 Å². The van der Waals surface area contributed by atoms with Crippen molar-refractivity contribution < 1.29 is 9.53 Å². The van der Waals surface area contributed by atoms with Gasteiger partial charge in [0.15, 0.2) is 0 Å². The highest BCUT2D eigenvalue weighted by molar-refractivity contribution is 9.10. The molecule has 0 unspecified atom stereocenters. The van der Waals surface area contributed by atoms with Crippen LogP contribution in [0.1, 0.15) is 51.1 Å². The number of nitrogens with two attached hydrogens (primary N) is 1. The van der Waals surface area contributed by atoms with Gasteiger partial charge in [-0.15, -0.1) is 0 Å². The molecular weight excluding hydrogens is 432 g/mol. The smallest absolute Gasteiger partial charge is 0.411 e.